The highest BCUT2D eigenvalue weighted by atomic mass is 32.2. The average Bonchev–Trinajstić information content (AvgIpc) is 3.57. The predicted octanol–water partition coefficient (Wildman–Crippen LogP) is 6.50. The van der Waals surface area contributed by atoms with Gasteiger partial charge in [-0.1, -0.05) is 41.3 Å². The molecule has 2 aromatic carbocycles. The number of anilines is 1. The molecule has 0 unspecified atom stereocenters. The Morgan fingerprint density at radius 1 is 1.09 bits per heavy atom. The van der Waals surface area contributed by atoms with Crippen molar-refractivity contribution in [2.24, 2.45) is 0 Å². The molecule has 46 heavy (non-hydrogen) atoms. The minimum Gasteiger partial charge on any atom is -0.444 e. The number of aromatic nitrogens is 1. The number of thioether (sulfide) groups is 1. The van der Waals surface area contributed by atoms with E-state index in [1.807, 2.05) is 6.08 Å². The molecule has 3 aromatic rings. The molecule has 0 N–H and O–H groups in total. The van der Waals surface area contributed by atoms with E-state index in [0.29, 0.717) is 46.9 Å². The van der Waals surface area contributed by atoms with Gasteiger partial charge in [0.05, 0.1) is 22.3 Å². The van der Waals surface area contributed by atoms with Gasteiger partial charge in [0.1, 0.15) is 17.5 Å². The van der Waals surface area contributed by atoms with Crippen molar-refractivity contribution < 1.29 is 50.0 Å². The van der Waals surface area contributed by atoms with Gasteiger partial charge in [-0.15, -0.1) is 0 Å². The lowest BCUT2D eigenvalue weighted by Crippen LogP contribution is -2.43. The largest absolute Gasteiger partial charge is 0.444 e. The number of thiocarbonyl (C=S) groups is 1. The molecule has 1 fully saturated rings. The molecule has 3 amide bonds. The summed E-state index contributed by atoms with van der Waals surface area (Å²) in [6.07, 6.45) is -8.80. The van der Waals surface area contributed by atoms with Crippen molar-refractivity contribution in [2.45, 2.75) is 32.3 Å². The van der Waals surface area contributed by atoms with Crippen LogP contribution in [0.1, 0.15) is 35.6 Å². The first kappa shape index (κ1) is 33.2. The first-order valence-corrected chi connectivity index (χ1v) is 15.1. The van der Waals surface area contributed by atoms with Crippen molar-refractivity contribution in [1.82, 2.24) is 15.0 Å². The third-order valence-corrected chi connectivity index (χ3v) is 8.75. The van der Waals surface area contributed by atoms with Crippen molar-refractivity contribution in [2.75, 3.05) is 36.8 Å². The normalized spacial score (nSPS) is 15.8. The van der Waals surface area contributed by atoms with E-state index in [4.69, 9.17) is 21.5 Å². The summed E-state index contributed by atoms with van der Waals surface area (Å²) in [6.45, 7) is 1.27. The Balaban J connectivity index is 1.30. The summed E-state index contributed by atoms with van der Waals surface area (Å²) >= 11 is 6.36. The predicted molar refractivity (Wildman–Crippen MR) is 160 cm³/mol. The van der Waals surface area contributed by atoms with Gasteiger partial charge in [-0.25, -0.2) is 4.79 Å². The quantitative estimate of drug-likeness (QED) is 0.205. The van der Waals surface area contributed by atoms with E-state index in [0.717, 1.165) is 16.0 Å². The number of halogens is 6. The van der Waals surface area contributed by atoms with Crippen LogP contribution < -0.4 is 4.90 Å². The Labute approximate surface area is 267 Å². The molecular formula is C29H24F6N4O5S2. The highest BCUT2D eigenvalue weighted by Crippen LogP contribution is 2.37. The summed E-state index contributed by atoms with van der Waals surface area (Å²) in [6, 6.07) is 6.11. The molecular weight excluding hydrogens is 662 g/mol. The van der Waals surface area contributed by atoms with Crippen molar-refractivity contribution in [3.63, 3.8) is 0 Å². The molecule has 1 aromatic heterocycles. The van der Waals surface area contributed by atoms with Crippen LogP contribution in [0.4, 0.5) is 37.0 Å². The van der Waals surface area contributed by atoms with Crippen LogP contribution >= 0.6 is 24.0 Å². The Morgan fingerprint density at radius 2 is 1.78 bits per heavy atom. The van der Waals surface area contributed by atoms with Crippen molar-refractivity contribution >= 4 is 68.6 Å². The molecule has 0 aliphatic carbocycles. The summed E-state index contributed by atoms with van der Waals surface area (Å²) in [7, 11) is 0. The van der Waals surface area contributed by atoms with Gasteiger partial charge in [0, 0.05) is 19.6 Å². The second-order valence-electron chi connectivity index (χ2n) is 10.3. The molecule has 0 atom stereocenters. The SMILES string of the molecule is CCN(C(=O)OCc1cc(C(F)(F)F)cc(C(F)(F)F)c1)c1noc2ccc(C3=CCN(C(=O)CN4C(=O)CSC4=S)CC3)cc12. The van der Waals surface area contributed by atoms with E-state index >= 15 is 0 Å². The van der Waals surface area contributed by atoms with Gasteiger partial charge in [-0.05, 0) is 60.4 Å². The maximum atomic E-state index is 13.2. The van der Waals surface area contributed by atoms with Crippen molar-refractivity contribution in [3.05, 3.63) is 64.7 Å². The highest BCUT2D eigenvalue weighted by Gasteiger charge is 2.37. The number of benzene rings is 2. The number of fused-ring (bicyclic) bond motifs is 1. The summed E-state index contributed by atoms with van der Waals surface area (Å²) in [5, 5.41) is 4.36. The molecule has 0 saturated carbocycles. The van der Waals surface area contributed by atoms with E-state index in [2.05, 4.69) is 5.16 Å². The lowest BCUT2D eigenvalue weighted by molar-refractivity contribution is -0.143. The minimum atomic E-state index is -5.05. The van der Waals surface area contributed by atoms with E-state index in [1.54, 1.807) is 30.0 Å². The third-order valence-electron chi connectivity index (χ3n) is 7.32. The molecule has 244 valence electrons. The number of hydrogen-bond acceptors (Lipinski definition) is 8. The van der Waals surface area contributed by atoms with Crippen LogP contribution in [-0.4, -0.2) is 69.1 Å². The summed E-state index contributed by atoms with van der Waals surface area (Å²) < 4.78 is 90.2. The Morgan fingerprint density at radius 3 is 2.35 bits per heavy atom. The number of nitrogens with zero attached hydrogens (tertiary/aromatic N) is 4. The van der Waals surface area contributed by atoms with Gasteiger partial charge >= 0.3 is 18.4 Å². The molecule has 0 radical (unpaired) electrons. The van der Waals surface area contributed by atoms with E-state index < -0.39 is 41.7 Å². The Bertz CT molecular complexity index is 1690. The number of amides is 3. The van der Waals surface area contributed by atoms with Gasteiger partial charge in [0.2, 0.25) is 11.8 Å². The molecule has 2 aliphatic rings. The number of rotatable bonds is 7. The van der Waals surface area contributed by atoms with Crippen LogP contribution in [0.5, 0.6) is 0 Å². The molecule has 3 heterocycles. The van der Waals surface area contributed by atoms with Gasteiger partial charge in [-0.3, -0.25) is 19.4 Å². The van der Waals surface area contributed by atoms with Crippen molar-refractivity contribution in [1.29, 1.82) is 0 Å². The number of ether oxygens (including phenoxy) is 1. The average molecular weight is 687 g/mol. The number of alkyl halides is 6. The van der Waals surface area contributed by atoms with Crippen LogP contribution in [0.2, 0.25) is 0 Å². The van der Waals surface area contributed by atoms with Crippen LogP contribution in [0.15, 0.2) is 47.0 Å². The van der Waals surface area contributed by atoms with Gasteiger partial charge in [-0.2, -0.15) is 26.3 Å². The molecule has 0 bridgehead atoms. The van der Waals surface area contributed by atoms with Crippen LogP contribution in [0.3, 0.4) is 0 Å². The summed E-state index contributed by atoms with van der Waals surface area (Å²) in [4.78, 5) is 41.7. The molecule has 0 spiro atoms. The monoisotopic (exact) mass is 686 g/mol. The van der Waals surface area contributed by atoms with E-state index in [-0.39, 0.29) is 42.5 Å². The topological polar surface area (TPSA) is 96.2 Å². The van der Waals surface area contributed by atoms with Crippen LogP contribution in [-0.2, 0) is 33.3 Å². The summed E-state index contributed by atoms with van der Waals surface area (Å²) in [5.74, 6) is -0.176. The number of carbonyl (C=O) groups is 3. The van der Waals surface area contributed by atoms with E-state index in [1.165, 1.54) is 16.7 Å². The number of hydrogen-bond donors (Lipinski definition) is 0. The van der Waals surface area contributed by atoms with Gasteiger partial charge in [0.25, 0.3) is 0 Å². The van der Waals surface area contributed by atoms with Gasteiger partial charge in [0.15, 0.2) is 11.4 Å². The molecule has 2 aliphatic heterocycles. The third kappa shape index (κ3) is 7.14. The molecule has 1 saturated heterocycles. The van der Waals surface area contributed by atoms with Crippen LogP contribution in [0.25, 0.3) is 16.5 Å². The maximum Gasteiger partial charge on any atom is 0.416 e. The Hall–Kier alpha value is -4.12. The lowest BCUT2D eigenvalue weighted by atomic mass is 9.98. The van der Waals surface area contributed by atoms with E-state index in [9.17, 15) is 40.7 Å². The smallest absolute Gasteiger partial charge is 0.416 e. The first-order chi connectivity index (χ1) is 21.7. The zero-order valence-corrected chi connectivity index (χ0v) is 25.5. The molecule has 5 rings (SSSR count). The number of carbonyl (C=O) groups excluding carboxylic acids is 3. The zero-order valence-electron chi connectivity index (χ0n) is 23.9. The van der Waals surface area contributed by atoms with Crippen LogP contribution in [0, 0.1) is 0 Å². The molecule has 17 heteroatoms. The standard InChI is InChI=1S/C29H24F6N4O5S2/c1-2-38(26(42)43-14-16-9-19(28(30,31)32)12-20(10-16)29(33,34)35)25-21-11-18(3-4-22(21)44-36-25)17-5-7-37(8-6-17)23(40)13-39-24(41)15-46-27(39)45/h3-5,9-12H,2,6-8,13-15H2,1H3. The highest BCUT2D eigenvalue weighted by molar-refractivity contribution is 8.23. The minimum absolute atomic E-state index is 0.00823. The Kier molecular flexibility index (Phi) is 9.35. The summed E-state index contributed by atoms with van der Waals surface area (Å²) in [5.41, 5.74) is -1.57. The van der Waals surface area contributed by atoms with Gasteiger partial charge < -0.3 is 14.2 Å². The second kappa shape index (κ2) is 12.9. The maximum absolute atomic E-state index is 13.2. The second-order valence-corrected chi connectivity index (χ2v) is 11.9. The fourth-order valence-electron chi connectivity index (χ4n) is 4.94. The molecule has 9 nitrogen and oxygen atoms in total. The fourth-order valence-corrected chi connectivity index (χ4v) is 6.01. The van der Waals surface area contributed by atoms with Crippen molar-refractivity contribution in [3.8, 4) is 0 Å². The zero-order chi connectivity index (χ0) is 33.4. The first-order valence-electron chi connectivity index (χ1n) is 13.7. The fraction of sp³-hybridized carbons (Fsp3) is 0.345. The lowest BCUT2D eigenvalue weighted by Gasteiger charge is -2.28.